The van der Waals surface area contributed by atoms with Crippen LogP contribution in [0.5, 0.6) is 5.75 Å². The number of hydrogen-bond acceptors (Lipinski definition) is 5. The number of amides is 1. The largest absolute Gasteiger partial charge is 0.490 e. The standard InChI is InChI=1S/C19H28N2O4/c1-15(22)13-20-8-10-21(11-9-20)19(23)17-6-2-3-7-18(17)25-14-16-5-4-12-24-16/h2-3,6-7,15-16,22H,4-5,8-14H2,1H3/t15-,16-/m0/s1. The summed E-state index contributed by atoms with van der Waals surface area (Å²) in [5, 5.41) is 9.49. The van der Waals surface area contributed by atoms with Gasteiger partial charge in [0.25, 0.3) is 5.91 Å². The minimum atomic E-state index is -0.339. The SMILES string of the molecule is C[C@H](O)CN1CCN(C(=O)c2ccccc2OC[C@@H]2CCCO2)CC1. The molecule has 1 amide bonds. The molecule has 0 spiro atoms. The molecule has 0 bridgehead atoms. The number of piperazine rings is 1. The summed E-state index contributed by atoms with van der Waals surface area (Å²) in [5.74, 6) is 0.647. The molecular weight excluding hydrogens is 320 g/mol. The molecule has 0 aliphatic carbocycles. The third kappa shape index (κ3) is 4.93. The summed E-state index contributed by atoms with van der Waals surface area (Å²) in [6.07, 6.45) is 1.88. The van der Waals surface area contributed by atoms with Crippen LogP contribution in [0.2, 0.25) is 0 Å². The average Bonchev–Trinajstić information content (AvgIpc) is 3.13. The van der Waals surface area contributed by atoms with Crippen molar-refractivity contribution < 1.29 is 19.4 Å². The van der Waals surface area contributed by atoms with Crippen LogP contribution < -0.4 is 4.74 Å². The summed E-state index contributed by atoms with van der Waals surface area (Å²) >= 11 is 0. The molecule has 0 radical (unpaired) electrons. The Morgan fingerprint density at radius 2 is 2.08 bits per heavy atom. The number of rotatable bonds is 6. The van der Waals surface area contributed by atoms with E-state index in [1.54, 1.807) is 6.92 Å². The highest BCUT2D eigenvalue weighted by Gasteiger charge is 2.25. The van der Waals surface area contributed by atoms with E-state index >= 15 is 0 Å². The van der Waals surface area contributed by atoms with Crippen molar-refractivity contribution in [3.05, 3.63) is 29.8 Å². The first kappa shape index (κ1) is 18.2. The summed E-state index contributed by atoms with van der Waals surface area (Å²) in [6.45, 7) is 6.66. The van der Waals surface area contributed by atoms with E-state index in [2.05, 4.69) is 4.90 Å². The summed E-state index contributed by atoms with van der Waals surface area (Å²) in [4.78, 5) is 16.9. The lowest BCUT2D eigenvalue weighted by atomic mass is 10.1. The molecule has 0 saturated carbocycles. The number of nitrogens with zero attached hydrogens (tertiary/aromatic N) is 2. The number of benzene rings is 1. The van der Waals surface area contributed by atoms with Crippen molar-refractivity contribution in [1.29, 1.82) is 0 Å². The summed E-state index contributed by atoms with van der Waals surface area (Å²) in [5.41, 5.74) is 0.615. The fourth-order valence-electron chi connectivity index (χ4n) is 3.41. The van der Waals surface area contributed by atoms with E-state index < -0.39 is 0 Å². The zero-order valence-electron chi connectivity index (χ0n) is 14.9. The predicted molar refractivity (Wildman–Crippen MR) is 94.9 cm³/mol. The van der Waals surface area contributed by atoms with E-state index in [0.717, 1.165) is 32.5 Å². The van der Waals surface area contributed by atoms with Crippen molar-refractivity contribution in [2.75, 3.05) is 45.9 Å². The van der Waals surface area contributed by atoms with Gasteiger partial charge in [-0.3, -0.25) is 9.69 Å². The maximum atomic E-state index is 12.9. The van der Waals surface area contributed by atoms with Crippen LogP contribution in [0.25, 0.3) is 0 Å². The zero-order chi connectivity index (χ0) is 17.6. The third-order valence-corrected chi connectivity index (χ3v) is 4.75. The average molecular weight is 348 g/mol. The topological polar surface area (TPSA) is 62.2 Å². The highest BCUT2D eigenvalue weighted by Crippen LogP contribution is 2.22. The fraction of sp³-hybridized carbons (Fsp3) is 0.632. The highest BCUT2D eigenvalue weighted by atomic mass is 16.5. The Morgan fingerprint density at radius 1 is 1.32 bits per heavy atom. The first-order valence-electron chi connectivity index (χ1n) is 9.16. The van der Waals surface area contributed by atoms with Gasteiger partial charge in [0, 0.05) is 39.3 Å². The monoisotopic (exact) mass is 348 g/mol. The van der Waals surface area contributed by atoms with Crippen molar-refractivity contribution in [2.24, 2.45) is 0 Å². The molecule has 1 N–H and O–H groups in total. The van der Waals surface area contributed by atoms with Crippen LogP contribution in [0.4, 0.5) is 0 Å². The van der Waals surface area contributed by atoms with Gasteiger partial charge in [0.05, 0.1) is 17.8 Å². The molecule has 2 aliphatic heterocycles. The first-order valence-corrected chi connectivity index (χ1v) is 9.16. The van der Waals surface area contributed by atoms with Gasteiger partial charge in [-0.1, -0.05) is 12.1 Å². The smallest absolute Gasteiger partial charge is 0.257 e. The van der Waals surface area contributed by atoms with Gasteiger partial charge in [-0.2, -0.15) is 0 Å². The van der Waals surface area contributed by atoms with E-state index in [-0.39, 0.29) is 18.1 Å². The van der Waals surface area contributed by atoms with Gasteiger partial charge in [0.1, 0.15) is 12.4 Å². The van der Waals surface area contributed by atoms with Gasteiger partial charge < -0.3 is 19.5 Å². The Morgan fingerprint density at radius 3 is 2.76 bits per heavy atom. The van der Waals surface area contributed by atoms with Gasteiger partial charge in [0.2, 0.25) is 0 Å². The Kier molecular flexibility index (Phi) is 6.29. The summed E-state index contributed by atoms with van der Waals surface area (Å²) < 4.78 is 11.5. The molecule has 2 heterocycles. The van der Waals surface area contributed by atoms with E-state index in [4.69, 9.17) is 9.47 Å². The fourth-order valence-corrected chi connectivity index (χ4v) is 3.41. The molecule has 6 heteroatoms. The molecule has 1 aromatic rings. The maximum Gasteiger partial charge on any atom is 0.257 e. The minimum absolute atomic E-state index is 0.0136. The molecule has 25 heavy (non-hydrogen) atoms. The van der Waals surface area contributed by atoms with Gasteiger partial charge >= 0.3 is 0 Å². The number of carbonyl (C=O) groups excluding carboxylic acids is 1. The first-order chi connectivity index (χ1) is 12.1. The number of β-amino-alcohol motifs (C(OH)–C–C–N with tert-alkyl or cyclic N) is 1. The molecule has 6 nitrogen and oxygen atoms in total. The van der Waals surface area contributed by atoms with Crippen LogP contribution in [0.3, 0.4) is 0 Å². The van der Waals surface area contributed by atoms with E-state index in [1.807, 2.05) is 29.2 Å². The molecule has 138 valence electrons. The highest BCUT2D eigenvalue weighted by molar-refractivity contribution is 5.97. The van der Waals surface area contributed by atoms with Crippen molar-refractivity contribution in [3.8, 4) is 5.75 Å². The van der Waals surface area contributed by atoms with Gasteiger partial charge in [-0.05, 0) is 31.9 Å². The normalized spacial score (nSPS) is 22.8. The summed E-state index contributed by atoms with van der Waals surface area (Å²) in [7, 11) is 0. The van der Waals surface area contributed by atoms with E-state index in [0.29, 0.717) is 37.6 Å². The van der Waals surface area contributed by atoms with Crippen LogP contribution >= 0.6 is 0 Å². The zero-order valence-corrected chi connectivity index (χ0v) is 14.9. The molecule has 3 rings (SSSR count). The lowest BCUT2D eigenvalue weighted by Gasteiger charge is -2.35. The van der Waals surface area contributed by atoms with E-state index in [9.17, 15) is 9.90 Å². The van der Waals surface area contributed by atoms with Crippen molar-refractivity contribution in [2.45, 2.75) is 32.0 Å². The Hall–Kier alpha value is -1.63. The van der Waals surface area contributed by atoms with E-state index in [1.165, 1.54) is 0 Å². The van der Waals surface area contributed by atoms with Gasteiger partial charge in [-0.25, -0.2) is 0 Å². The lowest BCUT2D eigenvalue weighted by molar-refractivity contribution is 0.0535. The predicted octanol–water partition coefficient (Wildman–Crippen LogP) is 1.38. The number of para-hydroxylation sites is 1. The van der Waals surface area contributed by atoms with Crippen LogP contribution in [-0.4, -0.2) is 79.0 Å². The second kappa shape index (κ2) is 8.65. The maximum absolute atomic E-state index is 12.9. The van der Waals surface area contributed by atoms with Crippen LogP contribution in [-0.2, 0) is 4.74 Å². The van der Waals surface area contributed by atoms with Gasteiger partial charge in [0.15, 0.2) is 0 Å². The number of hydrogen-bond donors (Lipinski definition) is 1. The molecule has 2 saturated heterocycles. The lowest BCUT2D eigenvalue weighted by Crippen LogP contribution is -2.50. The van der Waals surface area contributed by atoms with Crippen molar-refractivity contribution in [3.63, 3.8) is 0 Å². The molecule has 2 fully saturated rings. The molecular formula is C19H28N2O4. The van der Waals surface area contributed by atoms with Crippen LogP contribution in [0.1, 0.15) is 30.1 Å². The second-order valence-electron chi connectivity index (χ2n) is 6.88. The molecule has 0 aromatic heterocycles. The number of aliphatic hydroxyl groups is 1. The Balaban J connectivity index is 1.58. The summed E-state index contributed by atoms with van der Waals surface area (Å²) in [6, 6.07) is 7.44. The number of aliphatic hydroxyl groups excluding tert-OH is 1. The van der Waals surface area contributed by atoms with Crippen LogP contribution in [0, 0.1) is 0 Å². The second-order valence-corrected chi connectivity index (χ2v) is 6.88. The molecule has 0 unspecified atom stereocenters. The van der Waals surface area contributed by atoms with Crippen LogP contribution in [0.15, 0.2) is 24.3 Å². The third-order valence-electron chi connectivity index (χ3n) is 4.75. The van der Waals surface area contributed by atoms with Crippen molar-refractivity contribution >= 4 is 5.91 Å². The number of ether oxygens (including phenoxy) is 2. The number of carbonyl (C=O) groups is 1. The molecule has 2 atom stereocenters. The molecule has 1 aromatic carbocycles. The quantitative estimate of drug-likeness (QED) is 0.842. The Labute approximate surface area is 149 Å². The minimum Gasteiger partial charge on any atom is -0.490 e. The van der Waals surface area contributed by atoms with Crippen molar-refractivity contribution in [1.82, 2.24) is 9.80 Å². The van der Waals surface area contributed by atoms with Gasteiger partial charge in [-0.15, -0.1) is 0 Å². The molecule has 2 aliphatic rings. The Bertz CT molecular complexity index is 564.